The summed E-state index contributed by atoms with van der Waals surface area (Å²) in [5.74, 6) is 0. The molecule has 0 saturated heterocycles. The summed E-state index contributed by atoms with van der Waals surface area (Å²) in [4.78, 5) is 14.4. The summed E-state index contributed by atoms with van der Waals surface area (Å²) < 4.78 is 0. The molecule has 0 saturated carbocycles. The van der Waals surface area contributed by atoms with Gasteiger partial charge in [0.05, 0.1) is 5.69 Å². The molecule has 1 aliphatic rings. The van der Waals surface area contributed by atoms with Gasteiger partial charge in [-0.1, -0.05) is 41.6 Å². The van der Waals surface area contributed by atoms with E-state index in [-0.39, 0.29) is 0 Å². The molecule has 0 amide bonds. The summed E-state index contributed by atoms with van der Waals surface area (Å²) in [6.45, 7) is 5.16. The van der Waals surface area contributed by atoms with E-state index in [1.165, 1.54) is 32.1 Å². The second-order valence-electron chi connectivity index (χ2n) is 6.42. The molecule has 0 bridgehead atoms. The third-order valence-corrected chi connectivity index (χ3v) is 6.20. The molecule has 0 unspecified atom stereocenters. The molecule has 0 atom stereocenters. The van der Waals surface area contributed by atoms with Crippen molar-refractivity contribution in [1.29, 1.82) is 0 Å². The zero-order valence-electron chi connectivity index (χ0n) is 14.5. The largest absolute Gasteiger partial charge is 0.293 e. The first kappa shape index (κ1) is 16.8. The van der Waals surface area contributed by atoms with Crippen LogP contribution in [0.5, 0.6) is 0 Å². The molecule has 0 N–H and O–H groups in total. The molecular formula is C20H21N3S2. The molecule has 1 aliphatic heterocycles. The van der Waals surface area contributed by atoms with Gasteiger partial charge in [-0.05, 0) is 30.9 Å². The van der Waals surface area contributed by atoms with E-state index in [2.05, 4.69) is 58.2 Å². The van der Waals surface area contributed by atoms with Crippen LogP contribution in [-0.4, -0.2) is 27.7 Å². The predicted molar refractivity (Wildman–Crippen MR) is 106 cm³/mol. The molecular weight excluding hydrogens is 346 g/mol. The summed E-state index contributed by atoms with van der Waals surface area (Å²) in [6, 6.07) is 13.3. The van der Waals surface area contributed by atoms with Crippen LogP contribution >= 0.6 is 23.1 Å². The Morgan fingerprint density at radius 3 is 3.00 bits per heavy atom. The summed E-state index contributed by atoms with van der Waals surface area (Å²) >= 11 is 3.51. The average molecular weight is 368 g/mol. The number of benzene rings is 1. The average Bonchev–Trinajstić information content (AvgIpc) is 3.10. The van der Waals surface area contributed by atoms with Crippen LogP contribution in [0.2, 0.25) is 0 Å². The third kappa shape index (κ3) is 3.78. The number of rotatable bonds is 4. The van der Waals surface area contributed by atoms with E-state index in [1.807, 2.05) is 23.8 Å². The number of hydrogen-bond donors (Lipinski definition) is 0. The lowest BCUT2D eigenvalue weighted by Crippen LogP contribution is -2.30. The second kappa shape index (κ2) is 7.28. The lowest BCUT2D eigenvalue weighted by atomic mass is 10.1. The zero-order valence-corrected chi connectivity index (χ0v) is 16.2. The zero-order chi connectivity index (χ0) is 17.2. The van der Waals surface area contributed by atoms with Gasteiger partial charge in [-0.15, -0.1) is 11.3 Å². The lowest BCUT2D eigenvalue weighted by molar-refractivity contribution is 0.244. The van der Waals surface area contributed by atoms with Crippen LogP contribution in [0.4, 0.5) is 0 Å². The molecule has 3 heterocycles. The van der Waals surface area contributed by atoms with E-state index in [0.717, 1.165) is 31.2 Å². The van der Waals surface area contributed by atoms with Gasteiger partial charge in [0.15, 0.2) is 5.16 Å². The van der Waals surface area contributed by atoms with Crippen molar-refractivity contribution >= 4 is 23.1 Å². The Bertz CT molecular complexity index is 888. The van der Waals surface area contributed by atoms with Gasteiger partial charge >= 0.3 is 0 Å². The summed E-state index contributed by atoms with van der Waals surface area (Å²) in [5, 5.41) is 0.883. The summed E-state index contributed by atoms with van der Waals surface area (Å²) in [6.07, 6.45) is 5.05. The Morgan fingerprint density at radius 2 is 2.16 bits per heavy atom. The molecule has 0 radical (unpaired) electrons. The molecule has 0 spiro atoms. The fraction of sp³-hybridized carbons (Fsp3) is 0.300. The molecule has 3 aromatic rings. The monoisotopic (exact) mass is 367 g/mol. The minimum Gasteiger partial charge on any atom is -0.293 e. The molecule has 0 aliphatic carbocycles. The third-order valence-electron chi connectivity index (χ3n) is 4.52. The van der Waals surface area contributed by atoms with Gasteiger partial charge in [0.25, 0.3) is 0 Å². The van der Waals surface area contributed by atoms with Crippen molar-refractivity contribution in [1.82, 2.24) is 14.9 Å². The van der Waals surface area contributed by atoms with Crippen LogP contribution in [-0.2, 0) is 19.5 Å². The van der Waals surface area contributed by atoms with Crippen LogP contribution in [0.3, 0.4) is 0 Å². The Balaban J connectivity index is 1.46. The van der Waals surface area contributed by atoms with Gasteiger partial charge < -0.3 is 0 Å². The second-order valence-corrected chi connectivity index (χ2v) is 8.37. The molecule has 1 aromatic carbocycles. The molecule has 3 nitrogen and oxygen atoms in total. The predicted octanol–water partition coefficient (Wildman–Crippen LogP) is 4.79. The topological polar surface area (TPSA) is 29.0 Å². The van der Waals surface area contributed by atoms with Crippen molar-refractivity contribution in [2.75, 3.05) is 12.8 Å². The highest BCUT2D eigenvalue weighted by Crippen LogP contribution is 2.30. The van der Waals surface area contributed by atoms with E-state index >= 15 is 0 Å². The van der Waals surface area contributed by atoms with E-state index in [4.69, 9.17) is 0 Å². The number of thioether (sulfide) groups is 1. The highest BCUT2D eigenvalue weighted by atomic mass is 32.2. The Hall–Kier alpha value is -1.69. The number of hydrogen-bond acceptors (Lipinski definition) is 5. The van der Waals surface area contributed by atoms with Crippen LogP contribution in [0.1, 0.15) is 21.7 Å². The van der Waals surface area contributed by atoms with Crippen LogP contribution in [0, 0.1) is 6.92 Å². The van der Waals surface area contributed by atoms with Gasteiger partial charge in [-0.3, -0.25) is 4.90 Å². The molecule has 25 heavy (non-hydrogen) atoms. The molecule has 4 rings (SSSR count). The first-order valence-corrected chi connectivity index (χ1v) is 10.5. The van der Waals surface area contributed by atoms with Crippen molar-refractivity contribution in [3.05, 3.63) is 64.3 Å². The van der Waals surface area contributed by atoms with Crippen molar-refractivity contribution in [2.45, 2.75) is 31.6 Å². The van der Waals surface area contributed by atoms with Gasteiger partial charge in [0.2, 0.25) is 0 Å². The molecule has 128 valence electrons. The number of aromatic nitrogens is 2. The van der Waals surface area contributed by atoms with Crippen molar-refractivity contribution in [3.63, 3.8) is 0 Å². The number of nitrogens with zero attached hydrogens (tertiary/aromatic N) is 3. The maximum Gasteiger partial charge on any atom is 0.187 e. The number of fused-ring (bicyclic) bond motifs is 1. The van der Waals surface area contributed by atoms with Crippen molar-refractivity contribution < 1.29 is 0 Å². The standard InChI is InChI=1S/C20H21N3S2/c1-14-4-3-5-15(10-14)19-7-6-17(25-19)13-23-9-8-18-16(12-23)11-21-20(22-18)24-2/h3-7,10-11H,8-9,12-13H2,1-2H3. The number of thiophene rings is 1. The van der Waals surface area contributed by atoms with E-state index < -0.39 is 0 Å². The minimum atomic E-state index is 0.883. The van der Waals surface area contributed by atoms with Crippen LogP contribution < -0.4 is 0 Å². The molecule has 2 aromatic heterocycles. The summed E-state index contributed by atoms with van der Waals surface area (Å²) in [5.41, 5.74) is 5.13. The highest BCUT2D eigenvalue weighted by molar-refractivity contribution is 7.98. The van der Waals surface area contributed by atoms with E-state index in [9.17, 15) is 0 Å². The normalized spacial score (nSPS) is 14.5. The Kier molecular flexibility index (Phi) is 4.88. The fourth-order valence-electron chi connectivity index (χ4n) is 3.23. The quantitative estimate of drug-likeness (QED) is 0.489. The maximum absolute atomic E-state index is 4.65. The highest BCUT2D eigenvalue weighted by Gasteiger charge is 2.19. The van der Waals surface area contributed by atoms with E-state index in [0.29, 0.717) is 0 Å². The molecule has 0 fully saturated rings. The maximum atomic E-state index is 4.65. The Morgan fingerprint density at radius 1 is 1.24 bits per heavy atom. The lowest BCUT2D eigenvalue weighted by Gasteiger charge is -2.27. The van der Waals surface area contributed by atoms with Crippen LogP contribution in [0.15, 0.2) is 47.8 Å². The van der Waals surface area contributed by atoms with Crippen molar-refractivity contribution in [2.24, 2.45) is 0 Å². The Labute approximate surface area is 157 Å². The van der Waals surface area contributed by atoms with E-state index in [1.54, 1.807) is 11.8 Å². The number of aryl methyl sites for hydroxylation is 1. The first-order valence-electron chi connectivity index (χ1n) is 8.48. The fourth-order valence-corrected chi connectivity index (χ4v) is 4.63. The minimum absolute atomic E-state index is 0.883. The SMILES string of the molecule is CSc1ncc2c(n1)CCN(Cc1ccc(-c3cccc(C)c3)s1)C2. The van der Waals surface area contributed by atoms with Gasteiger partial charge in [-0.25, -0.2) is 9.97 Å². The molecule has 5 heteroatoms. The smallest absolute Gasteiger partial charge is 0.187 e. The van der Waals surface area contributed by atoms with Gasteiger partial charge in [0.1, 0.15) is 0 Å². The van der Waals surface area contributed by atoms with Crippen LogP contribution in [0.25, 0.3) is 10.4 Å². The van der Waals surface area contributed by atoms with Crippen molar-refractivity contribution in [3.8, 4) is 10.4 Å². The summed E-state index contributed by atoms with van der Waals surface area (Å²) in [7, 11) is 0. The van der Waals surface area contributed by atoms with Gasteiger partial charge in [0, 0.05) is 47.6 Å². The van der Waals surface area contributed by atoms with Gasteiger partial charge in [-0.2, -0.15) is 0 Å². The first-order chi connectivity index (χ1) is 12.2.